The molecule has 2 aromatic rings. The molecule has 0 aliphatic rings. The van der Waals surface area contributed by atoms with Crippen molar-refractivity contribution >= 4 is 17.2 Å². The summed E-state index contributed by atoms with van der Waals surface area (Å²) >= 11 is 1.71. The summed E-state index contributed by atoms with van der Waals surface area (Å²) in [5.74, 6) is 0.181. The van der Waals surface area contributed by atoms with Crippen molar-refractivity contribution in [2.75, 3.05) is 6.54 Å². The van der Waals surface area contributed by atoms with Gasteiger partial charge in [0.15, 0.2) is 0 Å². The van der Waals surface area contributed by atoms with Crippen LogP contribution in [0.5, 0.6) is 5.75 Å². The average Bonchev–Trinajstić information content (AvgIpc) is 3.02. The number of amides is 1. The molecule has 1 amide bonds. The summed E-state index contributed by atoms with van der Waals surface area (Å²) in [6.45, 7) is -2.28. The van der Waals surface area contributed by atoms with Crippen LogP contribution >= 0.6 is 11.3 Å². The number of rotatable bonds is 9. The third-order valence-electron chi connectivity index (χ3n) is 3.29. The van der Waals surface area contributed by atoms with Crippen LogP contribution in [0.15, 0.2) is 41.8 Å². The molecule has 0 atom stereocenters. The highest BCUT2D eigenvalue weighted by Crippen LogP contribution is 2.15. The van der Waals surface area contributed by atoms with Gasteiger partial charge in [-0.2, -0.15) is 8.78 Å². The second kappa shape index (κ2) is 9.25. The lowest BCUT2D eigenvalue weighted by Gasteiger charge is -2.07. The first-order valence-corrected chi connectivity index (χ1v) is 8.34. The second-order valence-corrected chi connectivity index (χ2v) is 6.09. The summed E-state index contributed by atoms with van der Waals surface area (Å²) in [5, 5.41) is 4.91. The Bertz CT molecular complexity index is 585. The topological polar surface area (TPSA) is 38.3 Å². The molecular weight excluding hydrogens is 320 g/mol. The van der Waals surface area contributed by atoms with Crippen LogP contribution in [0.25, 0.3) is 0 Å². The lowest BCUT2D eigenvalue weighted by molar-refractivity contribution is -0.121. The van der Waals surface area contributed by atoms with E-state index < -0.39 is 6.61 Å². The lowest BCUT2D eigenvalue weighted by atomic mass is 10.1. The molecule has 124 valence electrons. The van der Waals surface area contributed by atoms with Gasteiger partial charge >= 0.3 is 6.61 Å². The summed E-state index contributed by atoms with van der Waals surface area (Å²) in [4.78, 5) is 13.0. The van der Waals surface area contributed by atoms with Gasteiger partial charge in [0, 0.05) is 17.8 Å². The van der Waals surface area contributed by atoms with E-state index >= 15 is 0 Å². The SMILES string of the molecule is O=C(CCCc1cccs1)NCCc1ccc(OC(F)F)cc1. The number of carbonyl (C=O) groups excluding carboxylic acids is 1. The van der Waals surface area contributed by atoms with Crippen molar-refractivity contribution in [3.8, 4) is 5.75 Å². The van der Waals surface area contributed by atoms with Gasteiger partial charge < -0.3 is 10.1 Å². The summed E-state index contributed by atoms with van der Waals surface area (Å²) in [6.07, 6.45) is 2.94. The van der Waals surface area contributed by atoms with Gasteiger partial charge in [-0.1, -0.05) is 18.2 Å². The summed E-state index contributed by atoms with van der Waals surface area (Å²) in [6, 6.07) is 10.5. The van der Waals surface area contributed by atoms with Crippen LogP contribution < -0.4 is 10.1 Å². The van der Waals surface area contributed by atoms with E-state index in [9.17, 15) is 13.6 Å². The highest BCUT2D eigenvalue weighted by molar-refractivity contribution is 7.09. The fraction of sp³-hybridized carbons (Fsp3) is 0.353. The Hall–Kier alpha value is -1.95. The smallest absolute Gasteiger partial charge is 0.387 e. The highest BCUT2D eigenvalue weighted by Gasteiger charge is 2.05. The predicted molar refractivity (Wildman–Crippen MR) is 87.0 cm³/mol. The molecule has 0 saturated carbocycles. The van der Waals surface area contributed by atoms with Gasteiger partial charge in [-0.05, 0) is 48.4 Å². The minimum atomic E-state index is -2.81. The quantitative estimate of drug-likeness (QED) is 0.749. The molecule has 0 unspecified atom stereocenters. The number of hydrogen-bond acceptors (Lipinski definition) is 3. The van der Waals surface area contributed by atoms with Gasteiger partial charge in [0.25, 0.3) is 0 Å². The summed E-state index contributed by atoms with van der Waals surface area (Å²) < 4.78 is 28.4. The normalized spacial score (nSPS) is 10.7. The number of ether oxygens (including phenoxy) is 1. The Morgan fingerprint density at radius 1 is 1.17 bits per heavy atom. The van der Waals surface area contributed by atoms with Crippen molar-refractivity contribution < 1.29 is 18.3 Å². The van der Waals surface area contributed by atoms with Crippen LogP contribution in [0.3, 0.4) is 0 Å². The molecule has 0 radical (unpaired) electrons. The number of aryl methyl sites for hydroxylation is 1. The number of hydrogen-bond donors (Lipinski definition) is 1. The minimum absolute atomic E-state index is 0.0409. The Labute approximate surface area is 138 Å². The molecule has 1 aromatic carbocycles. The van der Waals surface area contributed by atoms with E-state index in [1.165, 1.54) is 17.0 Å². The minimum Gasteiger partial charge on any atom is -0.435 e. The first-order valence-electron chi connectivity index (χ1n) is 7.46. The molecule has 0 saturated heterocycles. The maximum Gasteiger partial charge on any atom is 0.387 e. The fourth-order valence-corrected chi connectivity index (χ4v) is 2.90. The van der Waals surface area contributed by atoms with E-state index in [0.29, 0.717) is 19.4 Å². The molecule has 6 heteroatoms. The van der Waals surface area contributed by atoms with E-state index in [1.807, 2.05) is 11.4 Å². The van der Waals surface area contributed by atoms with Crippen LogP contribution in [-0.2, 0) is 17.6 Å². The first-order chi connectivity index (χ1) is 11.1. The second-order valence-electron chi connectivity index (χ2n) is 5.06. The lowest BCUT2D eigenvalue weighted by Crippen LogP contribution is -2.25. The van der Waals surface area contributed by atoms with Crippen LogP contribution in [0, 0.1) is 0 Å². The number of thiophene rings is 1. The van der Waals surface area contributed by atoms with E-state index in [2.05, 4.69) is 16.1 Å². The van der Waals surface area contributed by atoms with Crippen molar-refractivity contribution in [1.82, 2.24) is 5.32 Å². The summed E-state index contributed by atoms with van der Waals surface area (Å²) in [5.41, 5.74) is 0.963. The van der Waals surface area contributed by atoms with Gasteiger partial charge in [-0.25, -0.2) is 0 Å². The molecule has 2 rings (SSSR count). The van der Waals surface area contributed by atoms with Crippen molar-refractivity contribution in [1.29, 1.82) is 0 Å². The van der Waals surface area contributed by atoms with E-state index in [-0.39, 0.29) is 11.7 Å². The maximum absolute atomic E-state index is 12.0. The van der Waals surface area contributed by atoms with Gasteiger partial charge in [-0.15, -0.1) is 11.3 Å². The fourth-order valence-electron chi connectivity index (χ4n) is 2.15. The molecule has 1 N–H and O–H groups in total. The van der Waals surface area contributed by atoms with Gasteiger partial charge in [0.05, 0.1) is 0 Å². The molecule has 0 spiro atoms. The monoisotopic (exact) mass is 339 g/mol. The predicted octanol–water partition coefficient (Wildman–Crippen LogP) is 4.03. The number of benzene rings is 1. The van der Waals surface area contributed by atoms with Crippen molar-refractivity contribution in [3.63, 3.8) is 0 Å². The zero-order valence-electron chi connectivity index (χ0n) is 12.6. The van der Waals surface area contributed by atoms with Crippen LogP contribution in [0.1, 0.15) is 23.3 Å². The molecular formula is C17H19F2NO2S. The average molecular weight is 339 g/mol. The molecule has 1 heterocycles. The van der Waals surface area contributed by atoms with Crippen LogP contribution in [-0.4, -0.2) is 19.1 Å². The molecule has 0 aliphatic heterocycles. The molecule has 1 aromatic heterocycles. The zero-order valence-corrected chi connectivity index (χ0v) is 13.5. The Kier molecular flexibility index (Phi) is 7.00. The van der Waals surface area contributed by atoms with E-state index in [4.69, 9.17) is 0 Å². The Morgan fingerprint density at radius 3 is 2.61 bits per heavy atom. The number of nitrogens with one attached hydrogen (secondary N) is 1. The van der Waals surface area contributed by atoms with Gasteiger partial charge in [-0.3, -0.25) is 4.79 Å². The largest absolute Gasteiger partial charge is 0.435 e. The van der Waals surface area contributed by atoms with Gasteiger partial charge in [0.1, 0.15) is 5.75 Å². The van der Waals surface area contributed by atoms with Crippen molar-refractivity contribution in [3.05, 3.63) is 52.2 Å². The van der Waals surface area contributed by atoms with Crippen molar-refractivity contribution in [2.24, 2.45) is 0 Å². The summed E-state index contributed by atoms with van der Waals surface area (Å²) in [7, 11) is 0. The van der Waals surface area contributed by atoms with Crippen molar-refractivity contribution in [2.45, 2.75) is 32.3 Å². The Morgan fingerprint density at radius 2 is 1.96 bits per heavy atom. The van der Waals surface area contributed by atoms with E-state index in [0.717, 1.165) is 18.4 Å². The molecule has 0 aliphatic carbocycles. The third-order valence-corrected chi connectivity index (χ3v) is 4.23. The maximum atomic E-state index is 12.0. The van der Waals surface area contributed by atoms with Gasteiger partial charge in [0.2, 0.25) is 5.91 Å². The highest BCUT2D eigenvalue weighted by atomic mass is 32.1. The van der Waals surface area contributed by atoms with Crippen LogP contribution in [0.2, 0.25) is 0 Å². The molecule has 23 heavy (non-hydrogen) atoms. The number of halogens is 2. The molecule has 3 nitrogen and oxygen atoms in total. The third kappa shape index (κ3) is 6.78. The standard InChI is InChI=1S/C17H19F2NO2S/c18-17(19)22-14-8-6-13(7-9-14)10-11-20-16(21)5-1-3-15-4-2-12-23-15/h2,4,6-9,12,17H,1,3,5,10-11H2,(H,20,21). The first kappa shape index (κ1) is 17.4. The Balaban J connectivity index is 1.61. The van der Waals surface area contributed by atoms with Crippen LogP contribution in [0.4, 0.5) is 8.78 Å². The molecule has 0 bridgehead atoms. The van der Waals surface area contributed by atoms with E-state index in [1.54, 1.807) is 23.5 Å². The zero-order chi connectivity index (χ0) is 16.5. The number of alkyl halides is 2. The number of carbonyl (C=O) groups is 1. The molecule has 0 fully saturated rings.